The zero-order valence-electron chi connectivity index (χ0n) is 14.4. The number of hydrazine groups is 1. The van der Waals surface area contributed by atoms with Crippen LogP contribution in [0.1, 0.15) is 48.5 Å². The van der Waals surface area contributed by atoms with Crippen LogP contribution >= 0.6 is 15.9 Å². The highest BCUT2D eigenvalue weighted by Crippen LogP contribution is 2.22. The van der Waals surface area contributed by atoms with E-state index in [2.05, 4.69) is 31.9 Å². The Morgan fingerprint density at radius 2 is 1.96 bits per heavy atom. The molecule has 0 fully saturated rings. The number of carbonyl (C=O) groups is 2. The molecule has 0 aliphatic heterocycles. The molecule has 1 heterocycles. The lowest BCUT2D eigenvalue weighted by Crippen LogP contribution is -2.47. The topological polar surface area (TPSA) is 93.5 Å². The molecule has 1 atom stereocenters. The van der Waals surface area contributed by atoms with E-state index in [0.29, 0.717) is 22.8 Å². The highest BCUT2D eigenvalue weighted by Gasteiger charge is 2.23. The van der Waals surface area contributed by atoms with Gasteiger partial charge in [0.25, 0.3) is 11.8 Å². The van der Waals surface area contributed by atoms with Gasteiger partial charge >= 0.3 is 0 Å². The van der Waals surface area contributed by atoms with Gasteiger partial charge in [0.15, 0.2) is 11.9 Å². The Morgan fingerprint density at radius 1 is 1.24 bits per heavy atom. The third-order valence-electron chi connectivity index (χ3n) is 3.42. The average Bonchev–Trinajstić information content (AvgIpc) is 2.94. The molecular formula is C17H20BrN3O4. The molecule has 2 N–H and O–H groups in total. The predicted octanol–water partition coefficient (Wildman–Crippen LogP) is 3.10. The fraction of sp³-hybridized carbons (Fsp3) is 0.353. The summed E-state index contributed by atoms with van der Waals surface area (Å²) < 4.78 is 11.6. The standard InChI is InChI=1S/C17H20BrN3O4/c1-9(2)15-14(10(3)21-25-15)17(23)20-19-16(22)11(4)24-13-7-5-6-12(18)8-13/h5-9,11H,1-4H3,(H,19,22)(H,20,23)/t11-/m1/s1. The van der Waals surface area contributed by atoms with Crippen LogP contribution in [0.4, 0.5) is 0 Å². The van der Waals surface area contributed by atoms with Gasteiger partial charge in [0, 0.05) is 10.4 Å². The second kappa shape index (κ2) is 8.15. The second-order valence-electron chi connectivity index (χ2n) is 5.82. The Morgan fingerprint density at radius 3 is 2.60 bits per heavy atom. The van der Waals surface area contributed by atoms with Crippen molar-refractivity contribution in [3.8, 4) is 5.75 Å². The first-order chi connectivity index (χ1) is 11.8. The third kappa shape index (κ3) is 4.82. The number of aryl methyl sites for hydroxylation is 1. The van der Waals surface area contributed by atoms with Crippen molar-refractivity contribution in [3.05, 3.63) is 45.8 Å². The molecule has 1 aromatic carbocycles. The first-order valence-electron chi connectivity index (χ1n) is 7.78. The van der Waals surface area contributed by atoms with Crippen molar-refractivity contribution in [2.75, 3.05) is 0 Å². The van der Waals surface area contributed by atoms with Crippen LogP contribution in [-0.4, -0.2) is 23.1 Å². The Kier molecular flexibility index (Phi) is 6.19. The molecule has 0 bridgehead atoms. The van der Waals surface area contributed by atoms with Crippen molar-refractivity contribution in [2.24, 2.45) is 0 Å². The summed E-state index contributed by atoms with van der Waals surface area (Å²) in [5.41, 5.74) is 5.52. The molecule has 8 heteroatoms. The maximum Gasteiger partial charge on any atom is 0.279 e. The summed E-state index contributed by atoms with van der Waals surface area (Å²) in [6, 6.07) is 7.14. The molecule has 134 valence electrons. The number of halogens is 1. The first-order valence-corrected chi connectivity index (χ1v) is 8.57. The van der Waals surface area contributed by atoms with Crippen LogP contribution in [-0.2, 0) is 4.79 Å². The zero-order chi connectivity index (χ0) is 18.6. The van der Waals surface area contributed by atoms with Gasteiger partial charge < -0.3 is 9.26 Å². The Balaban J connectivity index is 1.95. The molecule has 1 aromatic heterocycles. The van der Waals surface area contributed by atoms with E-state index < -0.39 is 17.9 Å². The summed E-state index contributed by atoms with van der Waals surface area (Å²) in [4.78, 5) is 24.4. The average molecular weight is 410 g/mol. The number of rotatable bonds is 5. The van der Waals surface area contributed by atoms with Crippen molar-refractivity contribution in [3.63, 3.8) is 0 Å². The zero-order valence-corrected chi connectivity index (χ0v) is 16.0. The molecular weight excluding hydrogens is 390 g/mol. The van der Waals surface area contributed by atoms with Crippen molar-refractivity contribution in [1.82, 2.24) is 16.0 Å². The molecule has 0 aliphatic carbocycles. The van der Waals surface area contributed by atoms with E-state index in [4.69, 9.17) is 9.26 Å². The van der Waals surface area contributed by atoms with Crippen molar-refractivity contribution in [2.45, 2.75) is 39.7 Å². The summed E-state index contributed by atoms with van der Waals surface area (Å²) >= 11 is 3.33. The van der Waals surface area contributed by atoms with Crippen LogP contribution in [0.5, 0.6) is 5.75 Å². The number of aromatic nitrogens is 1. The maximum atomic E-state index is 12.3. The van der Waals surface area contributed by atoms with E-state index in [1.807, 2.05) is 19.9 Å². The van der Waals surface area contributed by atoms with Gasteiger partial charge in [-0.1, -0.05) is 41.0 Å². The maximum absolute atomic E-state index is 12.3. The highest BCUT2D eigenvalue weighted by molar-refractivity contribution is 9.10. The van der Waals surface area contributed by atoms with Crippen LogP contribution in [0.3, 0.4) is 0 Å². The van der Waals surface area contributed by atoms with E-state index in [1.54, 1.807) is 32.0 Å². The minimum atomic E-state index is -0.789. The number of ether oxygens (including phenoxy) is 1. The lowest BCUT2D eigenvalue weighted by molar-refractivity contribution is -0.128. The molecule has 0 aliphatic rings. The number of amides is 2. The molecule has 7 nitrogen and oxygen atoms in total. The van der Waals surface area contributed by atoms with Crippen LogP contribution in [0.2, 0.25) is 0 Å². The minimum absolute atomic E-state index is 0.00330. The SMILES string of the molecule is Cc1noc(C(C)C)c1C(=O)NNC(=O)[C@@H](C)Oc1cccc(Br)c1. The fourth-order valence-electron chi connectivity index (χ4n) is 2.14. The molecule has 0 spiro atoms. The fourth-order valence-corrected chi connectivity index (χ4v) is 2.52. The van der Waals surface area contributed by atoms with Gasteiger partial charge in [-0.15, -0.1) is 0 Å². The number of nitrogens with zero attached hydrogens (tertiary/aromatic N) is 1. The summed E-state index contributed by atoms with van der Waals surface area (Å²) in [6.45, 7) is 7.05. The summed E-state index contributed by atoms with van der Waals surface area (Å²) in [5.74, 6) is 0.0541. The monoisotopic (exact) mass is 409 g/mol. The van der Waals surface area contributed by atoms with Gasteiger partial charge in [0.2, 0.25) is 0 Å². The molecule has 2 amide bonds. The molecule has 2 aromatic rings. The molecule has 0 unspecified atom stereocenters. The first kappa shape index (κ1) is 19.0. The van der Waals surface area contributed by atoms with Crippen LogP contribution in [0, 0.1) is 6.92 Å². The number of benzene rings is 1. The van der Waals surface area contributed by atoms with Crippen LogP contribution in [0.15, 0.2) is 33.3 Å². The third-order valence-corrected chi connectivity index (χ3v) is 3.91. The van der Waals surface area contributed by atoms with E-state index in [9.17, 15) is 9.59 Å². The molecule has 0 saturated heterocycles. The largest absolute Gasteiger partial charge is 0.481 e. The van der Waals surface area contributed by atoms with Gasteiger partial charge in [-0.05, 0) is 32.0 Å². The van der Waals surface area contributed by atoms with E-state index in [-0.39, 0.29) is 5.92 Å². The minimum Gasteiger partial charge on any atom is -0.481 e. The van der Waals surface area contributed by atoms with Crippen molar-refractivity contribution >= 4 is 27.7 Å². The second-order valence-corrected chi connectivity index (χ2v) is 6.74. The number of carbonyl (C=O) groups excluding carboxylic acids is 2. The smallest absolute Gasteiger partial charge is 0.279 e. The molecule has 0 saturated carbocycles. The van der Waals surface area contributed by atoms with Crippen molar-refractivity contribution < 1.29 is 18.8 Å². The normalized spacial score (nSPS) is 11.9. The van der Waals surface area contributed by atoms with E-state index >= 15 is 0 Å². The van der Waals surface area contributed by atoms with Crippen molar-refractivity contribution in [1.29, 1.82) is 0 Å². The Hall–Kier alpha value is -2.35. The van der Waals surface area contributed by atoms with E-state index in [1.165, 1.54) is 0 Å². The van der Waals surface area contributed by atoms with Gasteiger partial charge in [0.05, 0.1) is 5.69 Å². The Labute approximate surface area is 154 Å². The summed E-state index contributed by atoms with van der Waals surface area (Å²) in [5, 5.41) is 3.81. The van der Waals surface area contributed by atoms with Gasteiger partial charge in [0.1, 0.15) is 11.3 Å². The quantitative estimate of drug-likeness (QED) is 0.739. The highest BCUT2D eigenvalue weighted by atomic mass is 79.9. The molecule has 0 radical (unpaired) electrons. The Bertz CT molecular complexity index is 773. The van der Waals surface area contributed by atoms with Crippen LogP contribution < -0.4 is 15.6 Å². The lowest BCUT2D eigenvalue weighted by atomic mass is 10.1. The van der Waals surface area contributed by atoms with Gasteiger partial charge in [-0.2, -0.15) is 0 Å². The van der Waals surface area contributed by atoms with Crippen LogP contribution in [0.25, 0.3) is 0 Å². The van der Waals surface area contributed by atoms with E-state index in [0.717, 1.165) is 4.47 Å². The number of hydrogen-bond donors (Lipinski definition) is 2. The summed E-state index contributed by atoms with van der Waals surface area (Å²) in [7, 11) is 0. The molecule has 25 heavy (non-hydrogen) atoms. The number of nitrogens with one attached hydrogen (secondary N) is 2. The summed E-state index contributed by atoms with van der Waals surface area (Å²) in [6.07, 6.45) is -0.789. The number of hydrogen-bond acceptors (Lipinski definition) is 5. The molecule has 2 rings (SSSR count). The lowest BCUT2D eigenvalue weighted by Gasteiger charge is -2.15. The van der Waals surface area contributed by atoms with Gasteiger partial charge in [-0.3, -0.25) is 20.4 Å². The predicted molar refractivity (Wildman–Crippen MR) is 95.2 cm³/mol. The van der Waals surface area contributed by atoms with Gasteiger partial charge in [-0.25, -0.2) is 0 Å².